The van der Waals surface area contributed by atoms with Gasteiger partial charge in [0.15, 0.2) is 0 Å². The van der Waals surface area contributed by atoms with Crippen LogP contribution >= 0.6 is 15.9 Å². The summed E-state index contributed by atoms with van der Waals surface area (Å²) in [5.41, 5.74) is 2.83. The molecule has 3 aromatic carbocycles. The molecule has 0 atom stereocenters. The van der Waals surface area contributed by atoms with Gasteiger partial charge in [0, 0.05) is 36.3 Å². The molecule has 0 aromatic heterocycles. The summed E-state index contributed by atoms with van der Waals surface area (Å²) in [6.45, 7) is 5.71. The Hall–Kier alpha value is -3.12. The standard InChI is InChI=1S/C26H27BrN2O3/c1-3-29(4-2)26(31)21-11-8-12-22(17-21)28-25(30)20-13-14-24(23(27)18-20)32-16-15-19-9-6-5-7-10-19/h5-14,17-18H,3-4,15-16H2,1-2H3,(H,28,30). The van der Waals surface area contributed by atoms with Crippen LogP contribution in [0, 0.1) is 0 Å². The Kier molecular flexibility index (Phi) is 8.45. The van der Waals surface area contributed by atoms with Crippen molar-refractivity contribution >= 4 is 33.4 Å². The molecule has 0 spiro atoms. The van der Waals surface area contributed by atoms with E-state index in [1.807, 2.05) is 32.0 Å². The molecular formula is C26H27BrN2O3. The monoisotopic (exact) mass is 494 g/mol. The first-order chi connectivity index (χ1) is 15.5. The molecule has 0 heterocycles. The number of anilines is 1. The minimum atomic E-state index is -0.256. The number of nitrogens with zero attached hydrogens (tertiary/aromatic N) is 1. The molecule has 0 saturated heterocycles. The molecule has 0 fully saturated rings. The number of rotatable bonds is 9. The van der Waals surface area contributed by atoms with Gasteiger partial charge in [-0.1, -0.05) is 36.4 Å². The van der Waals surface area contributed by atoms with Gasteiger partial charge in [-0.05, 0) is 71.7 Å². The van der Waals surface area contributed by atoms with E-state index in [4.69, 9.17) is 4.74 Å². The van der Waals surface area contributed by atoms with Crippen LogP contribution < -0.4 is 10.1 Å². The molecule has 0 radical (unpaired) electrons. The second-order valence-corrected chi connectivity index (χ2v) is 8.10. The van der Waals surface area contributed by atoms with Gasteiger partial charge in [-0.2, -0.15) is 0 Å². The molecule has 3 rings (SSSR count). The fraction of sp³-hybridized carbons (Fsp3) is 0.231. The molecule has 0 bridgehead atoms. The third-order valence-corrected chi connectivity index (χ3v) is 5.72. The summed E-state index contributed by atoms with van der Waals surface area (Å²) < 4.78 is 6.57. The van der Waals surface area contributed by atoms with Crippen molar-refractivity contribution in [3.05, 3.63) is 94.0 Å². The first kappa shape index (κ1) is 23.5. The van der Waals surface area contributed by atoms with Gasteiger partial charge in [0.25, 0.3) is 11.8 Å². The van der Waals surface area contributed by atoms with E-state index in [1.165, 1.54) is 5.56 Å². The molecule has 32 heavy (non-hydrogen) atoms. The molecule has 0 aliphatic heterocycles. The van der Waals surface area contributed by atoms with Crippen LogP contribution in [0.15, 0.2) is 77.3 Å². The van der Waals surface area contributed by atoms with Gasteiger partial charge in [-0.3, -0.25) is 9.59 Å². The molecule has 5 nitrogen and oxygen atoms in total. The highest BCUT2D eigenvalue weighted by atomic mass is 79.9. The minimum absolute atomic E-state index is 0.0501. The van der Waals surface area contributed by atoms with Gasteiger partial charge < -0.3 is 15.0 Å². The predicted molar refractivity (Wildman–Crippen MR) is 131 cm³/mol. The van der Waals surface area contributed by atoms with E-state index in [0.29, 0.717) is 46.7 Å². The van der Waals surface area contributed by atoms with E-state index in [2.05, 4.69) is 33.4 Å². The lowest BCUT2D eigenvalue weighted by Gasteiger charge is -2.19. The Morgan fingerprint density at radius 3 is 2.34 bits per heavy atom. The molecule has 6 heteroatoms. The van der Waals surface area contributed by atoms with Gasteiger partial charge in [-0.15, -0.1) is 0 Å². The third-order valence-electron chi connectivity index (χ3n) is 5.10. The summed E-state index contributed by atoms with van der Waals surface area (Å²) in [6, 6.07) is 22.4. The van der Waals surface area contributed by atoms with E-state index in [1.54, 1.807) is 47.4 Å². The zero-order chi connectivity index (χ0) is 22.9. The Bertz CT molecular complexity index is 1070. The number of carbonyl (C=O) groups is 2. The largest absolute Gasteiger partial charge is 0.492 e. The summed E-state index contributed by atoms with van der Waals surface area (Å²) in [4.78, 5) is 27.0. The van der Waals surface area contributed by atoms with Crippen molar-refractivity contribution in [3.8, 4) is 5.75 Å². The van der Waals surface area contributed by atoms with Crippen LogP contribution in [0.1, 0.15) is 40.1 Å². The second kappa shape index (κ2) is 11.5. The number of hydrogen-bond acceptors (Lipinski definition) is 3. The summed E-state index contributed by atoms with van der Waals surface area (Å²) >= 11 is 3.49. The predicted octanol–water partition coefficient (Wildman–Crippen LogP) is 5.80. The molecule has 166 valence electrons. The second-order valence-electron chi connectivity index (χ2n) is 7.24. The molecule has 0 unspecified atom stereocenters. The Balaban J connectivity index is 1.62. The highest BCUT2D eigenvalue weighted by Crippen LogP contribution is 2.27. The summed E-state index contributed by atoms with van der Waals surface area (Å²) in [5, 5.41) is 2.87. The number of benzene rings is 3. The zero-order valence-corrected chi connectivity index (χ0v) is 19.9. The Morgan fingerprint density at radius 2 is 1.66 bits per heavy atom. The summed E-state index contributed by atoms with van der Waals surface area (Å²) in [6.07, 6.45) is 0.804. The fourth-order valence-electron chi connectivity index (χ4n) is 3.31. The van der Waals surface area contributed by atoms with E-state index in [9.17, 15) is 9.59 Å². The van der Waals surface area contributed by atoms with E-state index in [-0.39, 0.29) is 11.8 Å². The van der Waals surface area contributed by atoms with Crippen LogP contribution in [-0.2, 0) is 6.42 Å². The number of nitrogens with one attached hydrogen (secondary N) is 1. The van der Waals surface area contributed by atoms with Crippen molar-refractivity contribution in [2.45, 2.75) is 20.3 Å². The van der Waals surface area contributed by atoms with Crippen molar-refractivity contribution in [1.82, 2.24) is 4.90 Å². The van der Waals surface area contributed by atoms with Crippen molar-refractivity contribution in [1.29, 1.82) is 0 Å². The molecule has 0 saturated carbocycles. The molecule has 0 aliphatic carbocycles. The molecule has 0 aliphatic rings. The first-order valence-electron chi connectivity index (χ1n) is 10.7. The fourth-order valence-corrected chi connectivity index (χ4v) is 3.80. The van der Waals surface area contributed by atoms with Crippen LogP contribution in [0.2, 0.25) is 0 Å². The minimum Gasteiger partial charge on any atom is -0.492 e. The topological polar surface area (TPSA) is 58.6 Å². The highest BCUT2D eigenvalue weighted by molar-refractivity contribution is 9.10. The van der Waals surface area contributed by atoms with Crippen LogP contribution in [-0.4, -0.2) is 36.4 Å². The van der Waals surface area contributed by atoms with Crippen molar-refractivity contribution in [2.24, 2.45) is 0 Å². The lowest BCUT2D eigenvalue weighted by molar-refractivity contribution is 0.0772. The molecule has 1 N–H and O–H groups in total. The van der Waals surface area contributed by atoms with E-state index in [0.717, 1.165) is 6.42 Å². The number of carbonyl (C=O) groups excluding carboxylic acids is 2. The summed E-state index contributed by atoms with van der Waals surface area (Å²) in [7, 11) is 0. The lowest BCUT2D eigenvalue weighted by Crippen LogP contribution is -2.30. The SMILES string of the molecule is CCN(CC)C(=O)c1cccc(NC(=O)c2ccc(OCCc3ccccc3)c(Br)c2)c1. The maximum absolute atomic E-state index is 12.7. The smallest absolute Gasteiger partial charge is 0.255 e. The van der Waals surface area contributed by atoms with E-state index >= 15 is 0 Å². The van der Waals surface area contributed by atoms with Crippen molar-refractivity contribution in [3.63, 3.8) is 0 Å². The maximum atomic E-state index is 12.7. The van der Waals surface area contributed by atoms with Gasteiger partial charge in [0.05, 0.1) is 11.1 Å². The molecule has 2 amide bonds. The van der Waals surface area contributed by atoms with Crippen LogP contribution in [0.25, 0.3) is 0 Å². The maximum Gasteiger partial charge on any atom is 0.255 e. The average Bonchev–Trinajstić information content (AvgIpc) is 2.81. The van der Waals surface area contributed by atoms with Gasteiger partial charge in [0.1, 0.15) is 5.75 Å². The van der Waals surface area contributed by atoms with Crippen LogP contribution in [0.4, 0.5) is 5.69 Å². The Morgan fingerprint density at radius 1 is 0.906 bits per heavy atom. The zero-order valence-electron chi connectivity index (χ0n) is 18.3. The number of hydrogen-bond donors (Lipinski definition) is 1. The van der Waals surface area contributed by atoms with E-state index < -0.39 is 0 Å². The number of ether oxygens (including phenoxy) is 1. The summed E-state index contributed by atoms with van der Waals surface area (Å²) in [5.74, 6) is 0.379. The van der Waals surface area contributed by atoms with Crippen molar-refractivity contribution in [2.75, 3.05) is 25.0 Å². The number of halogens is 1. The molecular weight excluding hydrogens is 468 g/mol. The van der Waals surface area contributed by atoms with Gasteiger partial charge >= 0.3 is 0 Å². The normalized spacial score (nSPS) is 10.5. The first-order valence-corrected chi connectivity index (χ1v) is 11.5. The van der Waals surface area contributed by atoms with Gasteiger partial charge in [0.2, 0.25) is 0 Å². The molecule has 3 aromatic rings. The average molecular weight is 495 g/mol. The lowest BCUT2D eigenvalue weighted by atomic mass is 10.1. The van der Waals surface area contributed by atoms with Crippen molar-refractivity contribution < 1.29 is 14.3 Å². The third kappa shape index (κ3) is 6.20. The van der Waals surface area contributed by atoms with Gasteiger partial charge in [-0.25, -0.2) is 0 Å². The van der Waals surface area contributed by atoms with Crippen LogP contribution in [0.5, 0.6) is 5.75 Å². The van der Waals surface area contributed by atoms with Crippen LogP contribution in [0.3, 0.4) is 0 Å². The highest BCUT2D eigenvalue weighted by Gasteiger charge is 2.14. The number of amides is 2. The quantitative estimate of drug-likeness (QED) is 0.408. The Labute approximate surface area is 197 Å².